The van der Waals surface area contributed by atoms with Gasteiger partial charge in [0.05, 0.1) is 44.7 Å². The van der Waals surface area contributed by atoms with Crippen molar-refractivity contribution in [3.05, 3.63) is 193 Å². The third-order valence-electron chi connectivity index (χ3n) is 11.8. The SMILES string of the molecule is N#Cc1cc(-c2nc(-c3ccc4c(c3)sc3ccccc34)nc(-c3ccccc3)c2C#N)ccc1-n1c2ccccc2c2ccc3c(c4ccccc4n3-c3ccccc3)c21. The molecule has 0 aliphatic carbocycles. The number of nitrogens with zero attached hydrogens (tertiary/aromatic N) is 6. The van der Waals surface area contributed by atoms with Gasteiger partial charge in [-0.2, -0.15) is 10.5 Å². The summed E-state index contributed by atoms with van der Waals surface area (Å²) in [6, 6.07) is 67.2. The Bertz CT molecular complexity index is 3840. The van der Waals surface area contributed by atoms with Crippen LogP contribution in [0.2, 0.25) is 0 Å². The predicted octanol–water partition coefficient (Wildman–Crippen LogP) is 13.8. The van der Waals surface area contributed by atoms with Gasteiger partial charge in [-0.3, -0.25) is 0 Å². The van der Waals surface area contributed by atoms with Crippen LogP contribution >= 0.6 is 11.3 Å². The minimum Gasteiger partial charge on any atom is -0.309 e. The number of thiophene rings is 1. The number of fused-ring (bicyclic) bond motifs is 10. The van der Waals surface area contributed by atoms with Crippen LogP contribution in [0.5, 0.6) is 0 Å². The summed E-state index contributed by atoms with van der Waals surface area (Å²) in [6.07, 6.45) is 0. The minimum absolute atomic E-state index is 0.349. The summed E-state index contributed by atoms with van der Waals surface area (Å²) in [6.45, 7) is 0. The van der Waals surface area contributed by atoms with Gasteiger partial charge in [0.1, 0.15) is 17.7 Å². The van der Waals surface area contributed by atoms with Gasteiger partial charge in [0.15, 0.2) is 5.82 Å². The number of rotatable bonds is 5. The molecule has 0 fully saturated rings. The third-order valence-corrected chi connectivity index (χ3v) is 13.0. The van der Waals surface area contributed by atoms with Crippen LogP contribution in [0.3, 0.4) is 0 Å². The molecule has 0 bridgehead atoms. The van der Waals surface area contributed by atoms with Crippen molar-refractivity contribution in [2.75, 3.05) is 0 Å². The Hall–Kier alpha value is -8.36. The molecule has 7 heteroatoms. The summed E-state index contributed by atoms with van der Waals surface area (Å²) < 4.78 is 6.91. The first-order chi connectivity index (χ1) is 30.2. The van der Waals surface area contributed by atoms with E-state index in [2.05, 4.69) is 143 Å². The molecule has 4 aromatic heterocycles. The quantitative estimate of drug-likeness (QED) is 0.174. The molecule has 12 aromatic rings. The summed E-state index contributed by atoms with van der Waals surface area (Å²) in [5, 5.41) is 28.7. The van der Waals surface area contributed by atoms with Crippen LogP contribution in [0.4, 0.5) is 0 Å². The van der Waals surface area contributed by atoms with E-state index in [1.165, 1.54) is 15.5 Å². The van der Waals surface area contributed by atoms with Gasteiger partial charge in [-0.1, -0.05) is 127 Å². The highest BCUT2D eigenvalue weighted by molar-refractivity contribution is 7.25. The Morgan fingerprint density at radius 3 is 1.84 bits per heavy atom. The van der Waals surface area contributed by atoms with Crippen molar-refractivity contribution >= 4 is 75.1 Å². The summed E-state index contributed by atoms with van der Waals surface area (Å²) in [7, 11) is 0. The number of hydrogen-bond acceptors (Lipinski definition) is 5. The second-order valence-electron chi connectivity index (χ2n) is 15.1. The van der Waals surface area contributed by atoms with E-state index in [9.17, 15) is 10.5 Å². The summed E-state index contributed by atoms with van der Waals surface area (Å²) >= 11 is 1.74. The van der Waals surface area contributed by atoms with Crippen LogP contribution in [0.25, 0.3) is 109 Å². The lowest BCUT2D eigenvalue weighted by atomic mass is 9.98. The molecule has 4 heterocycles. The highest BCUT2D eigenvalue weighted by Crippen LogP contribution is 2.43. The first-order valence-electron chi connectivity index (χ1n) is 20.0. The first-order valence-corrected chi connectivity index (χ1v) is 20.8. The Labute approximate surface area is 353 Å². The maximum atomic E-state index is 11.1. The molecule has 0 spiro atoms. The maximum absolute atomic E-state index is 11.1. The number of para-hydroxylation sites is 3. The molecule has 12 rings (SSSR count). The highest BCUT2D eigenvalue weighted by atomic mass is 32.1. The van der Waals surface area contributed by atoms with Gasteiger partial charge in [0, 0.05) is 64.1 Å². The molecule has 0 unspecified atom stereocenters. The molecule has 8 aromatic carbocycles. The first kappa shape index (κ1) is 34.7. The molecule has 0 radical (unpaired) electrons. The van der Waals surface area contributed by atoms with E-state index >= 15 is 0 Å². The van der Waals surface area contributed by atoms with Crippen LogP contribution < -0.4 is 0 Å². The largest absolute Gasteiger partial charge is 0.309 e. The number of benzene rings is 8. The fraction of sp³-hybridized carbons (Fsp3) is 0. The minimum atomic E-state index is 0.349. The molecule has 282 valence electrons. The standard InChI is InChI=1S/C54H30N6S/c55-31-36-29-34(52-43(32-56)51(33-13-3-1-4-14-33)57-54(58-52)35-23-25-40-39-18-9-12-22-48(39)61-49(40)30-35)24-27-44(36)60-45-20-10-7-17-38(45)41-26-28-47-50(53(41)60)42-19-8-11-21-46(42)59(47)37-15-5-2-6-16-37/h1-30H. The van der Waals surface area contributed by atoms with Gasteiger partial charge in [0.2, 0.25) is 0 Å². The van der Waals surface area contributed by atoms with Crippen LogP contribution in [0, 0.1) is 22.7 Å². The van der Waals surface area contributed by atoms with Crippen molar-refractivity contribution in [2.24, 2.45) is 0 Å². The zero-order valence-corrected chi connectivity index (χ0v) is 33.2. The Morgan fingerprint density at radius 2 is 1.07 bits per heavy atom. The fourth-order valence-corrected chi connectivity index (χ4v) is 10.3. The molecule has 0 N–H and O–H groups in total. The molecule has 0 aliphatic rings. The molecular weight excluding hydrogens is 765 g/mol. The number of aromatic nitrogens is 4. The Kier molecular flexibility index (Phi) is 7.73. The van der Waals surface area contributed by atoms with E-state index in [0.29, 0.717) is 33.9 Å². The monoisotopic (exact) mass is 794 g/mol. The van der Waals surface area contributed by atoms with Crippen LogP contribution in [-0.2, 0) is 0 Å². The van der Waals surface area contributed by atoms with Crippen molar-refractivity contribution in [3.63, 3.8) is 0 Å². The van der Waals surface area contributed by atoms with Crippen molar-refractivity contribution in [3.8, 4) is 57.4 Å². The van der Waals surface area contributed by atoms with Crippen molar-refractivity contribution < 1.29 is 0 Å². The molecule has 61 heavy (non-hydrogen) atoms. The topological polar surface area (TPSA) is 83.2 Å². The van der Waals surface area contributed by atoms with Crippen LogP contribution in [-0.4, -0.2) is 19.1 Å². The van der Waals surface area contributed by atoms with Gasteiger partial charge < -0.3 is 9.13 Å². The Morgan fingerprint density at radius 1 is 0.443 bits per heavy atom. The van der Waals surface area contributed by atoms with E-state index in [1.807, 2.05) is 60.7 Å². The van der Waals surface area contributed by atoms with Crippen molar-refractivity contribution in [1.82, 2.24) is 19.1 Å². The lowest BCUT2D eigenvalue weighted by molar-refractivity contribution is 1.16. The van der Waals surface area contributed by atoms with Gasteiger partial charge >= 0.3 is 0 Å². The highest BCUT2D eigenvalue weighted by Gasteiger charge is 2.24. The lowest BCUT2D eigenvalue weighted by Gasteiger charge is -2.15. The molecule has 0 aliphatic heterocycles. The van der Waals surface area contributed by atoms with Gasteiger partial charge in [-0.05, 0) is 54.6 Å². The van der Waals surface area contributed by atoms with E-state index in [0.717, 1.165) is 70.8 Å². The Balaban J connectivity index is 1.11. The van der Waals surface area contributed by atoms with E-state index in [-0.39, 0.29) is 0 Å². The predicted molar refractivity (Wildman–Crippen MR) is 249 cm³/mol. The average Bonchev–Trinajstić information content (AvgIpc) is 3.99. The number of hydrogen-bond donors (Lipinski definition) is 0. The van der Waals surface area contributed by atoms with Gasteiger partial charge in [-0.15, -0.1) is 11.3 Å². The van der Waals surface area contributed by atoms with Gasteiger partial charge in [0.25, 0.3) is 0 Å². The van der Waals surface area contributed by atoms with E-state index < -0.39 is 0 Å². The maximum Gasteiger partial charge on any atom is 0.160 e. The second-order valence-corrected chi connectivity index (χ2v) is 16.2. The molecule has 6 nitrogen and oxygen atoms in total. The summed E-state index contributed by atoms with van der Waals surface area (Å²) in [5.41, 5.74) is 10.2. The lowest BCUT2D eigenvalue weighted by Crippen LogP contribution is -2.03. The normalized spacial score (nSPS) is 11.6. The molecule has 0 atom stereocenters. The second kappa shape index (κ2) is 13.6. The summed E-state index contributed by atoms with van der Waals surface area (Å²) in [5.74, 6) is 0.509. The third kappa shape index (κ3) is 5.25. The number of nitriles is 2. The zero-order chi connectivity index (χ0) is 40.6. The van der Waals surface area contributed by atoms with Crippen LogP contribution in [0.1, 0.15) is 11.1 Å². The average molecular weight is 795 g/mol. The van der Waals surface area contributed by atoms with Crippen molar-refractivity contribution in [2.45, 2.75) is 0 Å². The fourth-order valence-electron chi connectivity index (χ4n) is 9.16. The van der Waals surface area contributed by atoms with E-state index in [1.54, 1.807) is 11.3 Å². The van der Waals surface area contributed by atoms with Crippen molar-refractivity contribution in [1.29, 1.82) is 10.5 Å². The zero-order valence-electron chi connectivity index (χ0n) is 32.4. The molecular formula is C54H30N6S. The van der Waals surface area contributed by atoms with Crippen LogP contribution in [0.15, 0.2) is 182 Å². The molecule has 0 amide bonds. The summed E-state index contributed by atoms with van der Waals surface area (Å²) in [4.78, 5) is 10.2. The van der Waals surface area contributed by atoms with E-state index in [4.69, 9.17) is 9.97 Å². The van der Waals surface area contributed by atoms with Gasteiger partial charge in [-0.25, -0.2) is 9.97 Å². The molecule has 0 saturated heterocycles. The molecule has 0 saturated carbocycles. The smallest absolute Gasteiger partial charge is 0.160 e.